The molecule has 0 aromatic carbocycles. The van der Waals surface area contributed by atoms with Crippen molar-refractivity contribution in [2.24, 2.45) is 5.41 Å². The van der Waals surface area contributed by atoms with E-state index in [1.54, 1.807) is 0 Å². The van der Waals surface area contributed by atoms with Crippen LogP contribution in [0.3, 0.4) is 0 Å². The summed E-state index contributed by atoms with van der Waals surface area (Å²) in [6, 6.07) is 0. The first-order valence-electron chi connectivity index (χ1n) is 8.39. The van der Waals surface area contributed by atoms with E-state index in [1.807, 2.05) is 0 Å². The normalized spacial score (nSPS) is 12.4. The Bertz CT molecular complexity index is 184. The smallest absolute Gasteiger partial charge is 0.0263 e. The third-order valence-corrected chi connectivity index (χ3v) is 4.07. The molecule has 0 aliphatic rings. The summed E-state index contributed by atoms with van der Waals surface area (Å²) in [5.41, 5.74) is 0.614. The average Bonchev–Trinajstić information content (AvgIpc) is 2.36. The molecule has 0 amide bonds. The molecule has 0 N–H and O–H groups in total. The van der Waals surface area contributed by atoms with Crippen LogP contribution in [0.2, 0.25) is 0 Å². The van der Waals surface area contributed by atoms with E-state index < -0.39 is 0 Å². The van der Waals surface area contributed by atoms with Gasteiger partial charge in [-0.25, -0.2) is 0 Å². The van der Waals surface area contributed by atoms with Gasteiger partial charge in [0.15, 0.2) is 0 Å². The molecule has 0 saturated heterocycles. The van der Waals surface area contributed by atoms with Crippen molar-refractivity contribution >= 4 is 0 Å². The number of hydrogen-bond acceptors (Lipinski definition) is 0. The van der Waals surface area contributed by atoms with Gasteiger partial charge in [-0.15, -0.1) is 0 Å². The van der Waals surface area contributed by atoms with E-state index in [9.17, 15) is 0 Å². The van der Waals surface area contributed by atoms with Gasteiger partial charge >= 0.3 is 0 Å². The Morgan fingerprint density at radius 2 is 1.33 bits per heavy atom. The second-order valence-electron chi connectivity index (χ2n) is 5.89. The molecule has 0 rings (SSSR count). The molecule has 0 aliphatic carbocycles. The van der Waals surface area contributed by atoms with Crippen LogP contribution in [-0.4, -0.2) is 0 Å². The summed E-state index contributed by atoms with van der Waals surface area (Å²) in [6.07, 6.45) is 19.9. The molecule has 0 bridgehead atoms. The Labute approximate surface area is 116 Å². The fraction of sp³-hybridized carbons (Fsp3) is 0.889. The summed E-state index contributed by atoms with van der Waals surface area (Å²) in [5, 5.41) is 0. The van der Waals surface area contributed by atoms with Gasteiger partial charge < -0.3 is 0 Å². The van der Waals surface area contributed by atoms with Crippen LogP contribution < -0.4 is 0 Å². The van der Waals surface area contributed by atoms with Crippen LogP contribution in [0.1, 0.15) is 98.3 Å². The molecule has 108 valence electrons. The summed E-state index contributed by atoms with van der Waals surface area (Å²) in [7, 11) is 0. The zero-order chi connectivity index (χ0) is 13.7. The van der Waals surface area contributed by atoms with E-state index in [2.05, 4.69) is 39.8 Å². The molecule has 0 aromatic heterocycles. The van der Waals surface area contributed by atoms with Gasteiger partial charge in [0, 0.05) is 0 Å². The predicted octanol–water partition coefficient (Wildman–Crippen LogP) is 6.90. The van der Waals surface area contributed by atoms with Crippen molar-refractivity contribution in [3.05, 3.63) is 12.2 Å². The summed E-state index contributed by atoms with van der Waals surface area (Å²) in [4.78, 5) is 0. The van der Waals surface area contributed by atoms with Gasteiger partial charge in [-0.1, -0.05) is 78.4 Å². The van der Waals surface area contributed by atoms with Gasteiger partial charge in [-0.2, -0.15) is 0 Å². The van der Waals surface area contributed by atoms with Gasteiger partial charge in [-0.3, -0.25) is 0 Å². The van der Waals surface area contributed by atoms with Crippen molar-refractivity contribution in [3.8, 4) is 0 Å². The van der Waals surface area contributed by atoms with Crippen LogP contribution in [0.15, 0.2) is 12.2 Å². The topological polar surface area (TPSA) is 0 Å². The average molecular weight is 252 g/mol. The number of allylic oxidation sites excluding steroid dienone is 2. The maximum Gasteiger partial charge on any atom is -0.0263 e. The minimum absolute atomic E-state index is 0.614. The molecular formula is C18H36. The van der Waals surface area contributed by atoms with E-state index in [0.29, 0.717) is 5.41 Å². The molecule has 0 radical (unpaired) electrons. The highest BCUT2D eigenvalue weighted by Gasteiger charge is 2.26. The Morgan fingerprint density at radius 1 is 0.667 bits per heavy atom. The number of hydrogen-bond donors (Lipinski definition) is 0. The summed E-state index contributed by atoms with van der Waals surface area (Å²) in [5.74, 6) is 0. The summed E-state index contributed by atoms with van der Waals surface area (Å²) in [6.45, 7) is 9.23. The zero-order valence-corrected chi connectivity index (χ0v) is 13.4. The van der Waals surface area contributed by atoms with Crippen LogP contribution in [0.5, 0.6) is 0 Å². The Hall–Kier alpha value is -0.260. The van der Waals surface area contributed by atoms with E-state index in [0.717, 1.165) is 0 Å². The highest BCUT2D eigenvalue weighted by molar-refractivity contribution is 4.90. The standard InChI is InChI=1S/C18H36/c1-5-9-11-13-17-18(14-7-3,15-8-4)16-12-10-6-2/h10,12H,5-9,11,13-17H2,1-4H3/b12-10+. The van der Waals surface area contributed by atoms with E-state index in [-0.39, 0.29) is 0 Å². The lowest BCUT2D eigenvalue weighted by molar-refractivity contribution is 0.208. The Balaban J connectivity index is 4.36. The minimum atomic E-state index is 0.614. The molecule has 0 heteroatoms. The first kappa shape index (κ1) is 17.7. The fourth-order valence-corrected chi connectivity index (χ4v) is 3.17. The third-order valence-electron chi connectivity index (χ3n) is 4.07. The maximum absolute atomic E-state index is 2.45. The molecule has 0 unspecified atom stereocenters. The van der Waals surface area contributed by atoms with Crippen LogP contribution in [0.4, 0.5) is 0 Å². The first-order valence-corrected chi connectivity index (χ1v) is 8.39. The quantitative estimate of drug-likeness (QED) is 0.262. The third kappa shape index (κ3) is 7.95. The Kier molecular flexibility index (Phi) is 11.6. The van der Waals surface area contributed by atoms with Crippen molar-refractivity contribution in [2.75, 3.05) is 0 Å². The molecule has 0 nitrogen and oxygen atoms in total. The van der Waals surface area contributed by atoms with Crippen molar-refractivity contribution in [1.29, 1.82) is 0 Å². The van der Waals surface area contributed by atoms with Crippen LogP contribution in [-0.2, 0) is 0 Å². The lowest BCUT2D eigenvalue weighted by atomic mass is 9.72. The van der Waals surface area contributed by atoms with Gasteiger partial charge in [0.2, 0.25) is 0 Å². The molecule has 0 fully saturated rings. The van der Waals surface area contributed by atoms with Crippen molar-refractivity contribution in [2.45, 2.75) is 98.3 Å². The SMILES string of the molecule is CC/C=C/CC(CCC)(CCC)CCCCCC. The molecule has 0 spiro atoms. The molecule has 18 heavy (non-hydrogen) atoms. The van der Waals surface area contributed by atoms with Crippen molar-refractivity contribution < 1.29 is 0 Å². The molecule has 0 atom stereocenters. The summed E-state index contributed by atoms with van der Waals surface area (Å²) >= 11 is 0. The summed E-state index contributed by atoms with van der Waals surface area (Å²) < 4.78 is 0. The van der Waals surface area contributed by atoms with Gasteiger partial charge in [0.1, 0.15) is 0 Å². The van der Waals surface area contributed by atoms with Gasteiger partial charge in [0.25, 0.3) is 0 Å². The lowest BCUT2D eigenvalue weighted by Gasteiger charge is -2.33. The molecule has 0 aromatic rings. The number of rotatable bonds is 12. The molecular weight excluding hydrogens is 216 g/mol. The Morgan fingerprint density at radius 3 is 1.83 bits per heavy atom. The second kappa shape index (κ2) is 11.8. The van der Waals surface area contributed by atoms with Gasteiger partial charge in [0.05, 0.1) is 0 Å². The second-order valence-corrected chi connectivity index (χ2v) is 5.89. The van der Waals surface area contributed by atoms with Crippen LogP contribution >= 0.6 is 0 Å². The highest BCUT2D eigenvalue weighted by Crippen LogP contribution is 2.39. The van der Waals surface area contributed by atoms with E-state index >= 15 is 0 Å². The van der Waals surface area contributed by atoms with Crippen LogP contribution in [0, 0.1) is 5.41 Å². The molecule has 0 heterocycles. The first-order chi connectivity index (χ1) is 8.74. The zero-order valence-electron chi connectivity index (χ0n) is 13.4. The maximum atomic E-state index is 2.45. The molecule has 0 aliphatic heterocycles. The van der Waals surface area contributed by atoms with Gasteiger partial charge in [-0.05, 0) is 37.5 Å². The predicted molar refractivity (Wildman–Crippen MR) is 85.1 cm³/mol. The van der Waals surface area contributed by atoms with E-state index in [1.165, 1.54) is 70.6 Å². The fourth-order valence-electron chi connectivity index (χ4n) is 3.17. The monoisotopic (exact) mass is 252 g/mol. The highest BCUT2D eigenvalue weighted by atomic mass is 14.3. The lowest BCUT2D eigenvalue weighted by Crippen LogP contribution is -2.20. The van der Waals surface area contributed by atoms with Crippen molar-refractivity contribution in [1.82, 2.24) is 0 Å². The molecule has 0 saturated carbocycles. The van der Waals surface area contributed by atoms with E-state index in [4.69, 9.17) is 0 Å². The largest absolute Gasteiger partial charge is 0.0888 e. The number of unbranched alkanes of at least 4 members (excludes halogenated alkanes) is 3. The van der Waals surface area contributed by atoms with Crippen LogP contribution in [0.25, 0.3) is 0 Å². The van der Waals surface area contributed by atoms with Crippen molar-refractivity contribution in [3.63, 3.8) is 0 Å². The minimum Gasteiger partial charge on any atom is -0.0888 e.